The van der Waals surface area contributed by atoms with Gasteiger partial charge in [0.05, 0.1) is 10.4 Å². The van der Waals surface area contributed by atoms with Crippen molar-refractivity contribution in [1.29, 1.82) is 0 Å². The Kier molecular flexibility index (Phi) is 3.62. The van der Waals surface area contributed by atoms with Crippen LogP contribution in [0.25, 0.3) is 0 Å². The Balaban J connectivity index is 1.97. The lowest BCUT2D eigenvalue weighted by Crippen LogP contribution is -2.24. The number of ether oxygens (including phenoxy) is 1. The Bertz CT molecular complexity index is 697. The normalized spacial score (nSPS) is 17.2. The Morgan fingerprint density at radius 2 is 2.00 bits per heavy atom. The van der Waals surface area contributed by atoms with Crippen molar-refractivity contribution in [3.05, 3.63) is 63.9 Å². The maximum Gasteiger partial charge on any atom is 0.142 e. The van der Waals surface area contributed by atoms with E-state index in [4.69, 9.17) is 27.9 Å². The highest BCUT2D eigenvalue weighted by atomic mass is 35.5. The van der Waals surface area contributed by atoms with Gasteiger partial charge in [-0.1, -0.05) is 35.9 Å². The zero-order valence-corrected chi connectivity index (χ0v) is 13.3. The number of hydrogen-bond acceptors (Lipinski definition) is 1. The van der Waals surface area contributed by atoms with Gasteiger partial charge in [-0.05, 0) is 42.7 Å². The molecule has 0 saturated heterocycles. The number of benzene rings is 2. The van der Waals surface area contributed by atoms with E-state index in [2.05, 4.69) is 0 Å². The standard InChI is InChI=1S/C17H15Cl2FO/c1-17(2)9-11-8-10(6-7-14(11)21-17)15(18)12-4-3-5-13(20)16(12)19/h3-8,15H,9H2,1-2H3. The van der Waals surface area contributed by atoms with E-state index in [9.17, 15) is 4.39 Å². The summed E-state index contributed by atoms with van der Waals surface area (Å²) in [5, 5.41) is -0.406. The quantitative estimate of drug-likeness (QED) is 0.661. The number of fused-ring (bicyclic) bond motifs is 1. The first-order chi connectivity index (χ1) is 9.87. The lowest BCUT2D eigenvalue weighted by molar-refractivity contribution is 0.138. The largest absolute Gasteiger partial charge is 0.487 e. The highest BCUT2D eigenvalue weighted by molar-refractivity contribution is 6.33. The fourth-order valence-electron chi connectivity index (χ4n) is 2.68. The summed E-state index contributed by atoms with van der Waals surface area (Å²) in [6.45, 7) is 4.10. The van der Waals surface area contributed by atoms with E-state index in [0.717, 1.165) is 23.3 Å². The molecule has 110 valence electrons. The molecule has 1 aliphatic rings. The molecule has 0 aromatic heterocycles. The fraction of sp³-hybridized carbons (Fsp3) is 0.294. The van der Waals surface area contributed by atoms with Crippen molar-refractivity contribution in [2.45, 2.75) is 31.2 Å². The zero-order valence-electron chi connectivity index (χ0n) is 11.8. The summed E-state index contributed by atoms with van der Waals surface area (Å²) in [5.41, 5.74) is 2.40. The van der Waals surface area contributed by atoms with E-state index in [0.29, 0.717) is 5.56 Å². The maximum absolute atomic E-state index is 13.6. The van der Waals surface area contributed by atoms with E-state index in [1.54, 1.807) is 12.1 Å². The first kappa shape index (κ1) is 14.7. The molecule has 1 heterocycles. The van der Waals surface area contributed by atoms with Crippen LogP contribution in [0.1, 0.15) is 35.9 Å². The highest BCUT2D eigenvalue weighted by Crippen LogP contribution is 2.40. The van der Waals surface area contributed by atoms with E-state index < -0.39 is 11.2 Å². The molecule has 0 saturated carbocycles. The third kappa shape index (κ3) is 2.75. The lowest BCUT2D eigenvalue weighted by atomic mass is 9.97. The molecule has 1 nitrogen and oxygen atoms in total. The van der Waals surface area contributed by atoms with Crippen LogP contribution < -0.4 is 4.74 Å². The molecule has 1 unspecified atom stereocenters. The Morgan fingerprint density at radius 3 is 2.76 bits per heavy atom. The van der Waals surface area contributed by atoms with Gasteiger partial charge in [-0.15, -0.1) is 11.6 Å². The van der Waals surface area contributed by atoms with Gasteiger partial charge < -0.3 is 4.74 Å². The highest BCUT2D eigenvalue weighted by Gasteiger charge is 2.30. The summed E-state index contributed by atoms with van der Waals surface area (Å²) >= 11 is 12.5. The zero-order chi connectivity index (χ0) is 15.2. The molecule has 3 rings (SSSR count). The summed E-state index contributed by atoms with van der Waals surface area (Å²) < 4.78 is 19.4. The molecule has 0 N–H and O–H groups in total. The molecule has 21 heavy (non-hydrogen) atoms. The number of hydrogen-bond donors (Lipinski definition) is 0. The van der Waals surface area contributed by atoms with Crippen molar-refractivity contribution < 1.29 is 9.13 Å². The van der Waals surface area contributed by atoms with E-state index in [-0.39, 0.29) is 10.6 Å². The van der Waals surface area contributed by atoms with Crippen LogP contribution in [0.2, 0.25) is 5.02 Å². The SMILES string of the molecule is CC1(C)Cc2cc(C(Cl)c3cccc(F)c3Cl)ccc2O1. The smallest absolute Gasteiger partial charge is 0.142 e. The van der Waals surface area contributed by atoms with E-state index in [1.807, 2.05) is 32.0 Å². The predicted octanol–water partition coefficient (Wildman–Crippen LogP) is 5.52. The summed E-state index contributed by atoms with van der Waals surface area (Å²) in [7, 11) is 0. The number of halogens is 3. The minimum absolute atomic E-state index is 0.0783. The second kappa shape index (κ2) is 5.19. The van der Waals surface area contributed by atoms with Crippen molar-refractivity contribution in [3.8, 4) is 5.75 Å². The van der Waals surface area contributed by atoms with Crippen LogP contribution in [0.4, 0.5) is 4.39 Å². The van der Waals surface area contributed by atoms with Crippen LogP contribution in [0, 0.1) is 5.82 Å². The molecule has 0 aliphatic carbocycles. The molecule has 1 aliphatic heterocycles. The molecule has 1 atom stereocenters. The van der Waals surface area contributed by atoms with Crippen LogP contribution >= 0.6 is 23.2 Å². The average Bonchev–Trinajstić information content (AvgIpc) is 2.73. The van der Waals surface area contributed by atoms with Crippen LogP contribution in [0.3, 0.4) is 0 Å². The Hall–Kier alpha value is -1.25. The molecular formula is C17H15Cl2FO. The van der Waals surface area contributed by atoms with Gasteiger partial charge in [0, 0.05) is 6.42 Å². The van der Waals surface area contributed by atoms with Crippen molar-refractivity contribution >= 4 is 23.2 Å². The fourth-order valence-corrected chi connectivity index (χ4v) is 3.29. The van der Waals surface area contributed by atoms with Gasteiger partial charge in [-0.3, -0.25) is 0 Å². The minimum atomic E-state index is -0.484. The summed E-state index contributed by atoms with van der Waals surface area (Å²) in [6, 6.07) is 10.5. The van der Waals surface area contributed by atoms with Gasteiger partial charge in [0.25, 0.3) is 0 Å². The second-order valence-corrected chi connectivity index (χ2v) is 6.73. The average molecular weight is 325 g/mol. The van der Waals surface area contributed by atoms with Crippen LogP contribution in [-0.2, 0) is 6.42 Å². The Labute approximate surface area is 133 Å². The second-order valence-electron chi connectivity index (χ2n) is 5.91. The first-order valence-electron chi connectivity index (χ1n) is 6.77. The molecule has 0 spiro atoms. The topological polar surface area (TPSA) is 9.23 Å². The minimum Gasteiger partial charge on any atom is -0.487 e. The molecule has 2 aromatic carbocycles. The lowest BCUT2D eigenvalue weighted by Gasteiger charge is -2.16. The maximum atomic E-state index is 13.6. The molecule has 4 heteroatoms. The van der Waals surface area contributed by atoms with Gasteiger partial charge >= 0.3 is 0 Å². The molecule has 0 radical (unpaired) electrons. The molecule has 2 aromatic rings. The van der Waals surface area contributed by atoms with Crippen LogP contribution in [0.5, 0.6) is 5.75 Å². The van der Waals surface area contributed by atoms with Gasteiger partial charge in [-0.2, -0.15) is 0 Å². The summed E-state index contributed by atoms with van der Waals surface area (Å²) in [6.07, 6.45) is 0.830. The van der Waals surface area contributed by atoms with Crippen molar-refractivity contribution in [2.75, 3.05) is 0 Å². The van der Waals surface area contributed by atoms with Crippen LogP contribution in [0.15, 0.2) is 36.4 Å². The van der Waals surface area contributed by atoms with E-state index >= 15 is 0 Å². The Morgan fingerprint density at radius 1 is 1.24 bits per heavy atom. The third-order valence-corrected chi connectivity index (χ3v) is 4.52. The molecule has 0 bridgehead atoms. The van der Waals surface area contributed by atoms with Crippen molar-refractivity contribution in [1.82, 2.24) is 0 Å². The van der Waals surface area contributed by atoms with Gasteiger partial charge in [0.2, 0.25) is 0 Å². The number of alkyl halides is 1. The monoisotopic (exact) mass is 324 g/mol. The van der Waals surface area contributed by atoms with Gasteiger partial charge in [0.15, 0.2) is 0 Å². The van der Waals surface area contributed by atoms with E-state index in [1.165, 1.54) is 6.07 Å². The number of rotatable bonds is 2. The van der Waals surface area contributed by atoms with Crippen molar-refractivity contribution in [3.63, 3.8) is 0 Å². The predicted molar refractivity (Wildman–Crippen MR) is 84.0 cm³/mol. The first-order valence-corrected chi connectivity index (χ1v) is 7.59. The molecule has 0 fully saturated rings. The van der Waals surface area contributed by atoms with Crippen LogP contribution in [-0.4, -0.2) is 5.60 Å². The molecular weight excluding hydrogens is 310 g/mol. The van der Waals surface area contributed by atoms with Crippen molar-refractivity contribution in [2.24, 2.45) is 0 Å². The summed E-state index contributed by atoms with van der Waals surface area (Å²) in [4.78, 5) is 0. The third-order valence-electron chi connectivity index (χ3n) is 3.63. The summed E-state index contributed by atoms with van der Waals surface area (Å²) in [5.74, 6) is 0.434. The van der Waals surface area contributed by atoms with Gasteiger partial charge in [0.1, 0.15) is 17.2 Å². The molecule has 0 amide bonds. The van der Waals surface area contributed by atoms with Gasteiger partial charge in [-0.25, -0.2) is 4.39 Å².